The molecule has 1 aromatic rings. The van der Waals surface area contributed by atoms with Gasteiger partial charge in [0.25, 0.3) is 0 Å². The zero-order valence-corrected chi connectivity index (χ0v) is 12.0. The van der Waals surface area contributed by atoms with E-state index in [4.69, 9.17) is 4.74 Å². The minimum absolute atomic E-state index is 0.697. The van der Waals surface area contributed by atoms with Crippen molar-refractivity contribution in [1.82, 2.24) is 0 Å². The van der Waals surface area contributed by atoms with E-state index in [1.807, 2.05) is 18.2 Å². The van der Waals surface area contributed by atoms with Crippen LogP contribution in [0.25, 0.3) is 0 Å². The standard InChI is InChI=1S/C17H20O3/c1-11-4-3-9-17(16(18)19)14(11)7-5-12-10-13(20-2)6-8-15(12)17/h6,8,10H,3-5,7,9H2,1-2H3,(H,18,19)/t17-/m0/s1. The molecule has 1 N–H and O–H groups in total. The molecule has 0 saturated carbocycles. The second kappa shape index (κ2) is 4.65. The molecule has 1 atom stereocenters. The molecule has 0 heterocycles. The first-order valence-electron chi connectivity index (χ1n) is 7.19. The Kier molecular flexibility index (Phi) is 3.08. The Bertz CT molecular complexity index is 600. The van der Waals surface area contributed by atoms with Gasteiger partial charge in [0, 0.05) is 0 Å². The Balaban J connectivity index is 2.24. The second-order valence-corrected chi connectivity index (χ2v) is 5.85. The number of hydrogen-bond donors (Lipinski definition) is 1. The first-order valence-corrected chi connectivity index (χ1v) is 7.19. The molecule has 3 rings (SSSR count). The van der Waals surface area contributed by atoms with Gasteiger partial charge in [-0.15, -0.1) is 0 Å². The molecule has 3 nitrogen and oxygen atoms in total. The van der Waals surface area contributed by atoms with Crippen LogP contribution in [0.15, 0.2) is 29.3 Å². The monoisotopic (exact) mass is 272 g/mol. The lowest BCUT2D eigenvalue weighted by Crippen LogP contribution is -2.43. The SMILES string of the molecule is COc1ccc2c(c1)CCC1=C(C)CCC[C@]12C(=O)O. The van der Waals surface area contributed by atoms with E-state index < -0.39 is 11.4 Å². The summed E-state index contributed by atoms with van der Waals surface area (Å²) in [5.74, 6) is 0.113. The van der Waals surface area contributed by atoms with Crippen LogP contribution in [0, 0.1) is 0 Å². The van der Waals surface area contributed by atoms with E-state index in [1.165, 1.54) is 5.57 Å². The van der Waals surface area contributed by atoms with Crippen LogP contribution in [0.4, 0.5) is 0 Å². The number of carboxylic acid groups (broad SMARTS) is 1. The van der Waals surface area contributed by atoms with Gasteiger partial charge in [-0.1, -0.05) is 11.6 Å². The summed E-state index contributed by atoms with van der Waals surface area (Å²) in [6.45, 7) is 2.10. The molecule has 0 spiro atoms. The summed E-state index contributed by atoms with van der Waals surface area (Å²) >= 11 is 0. The summed E-state index contributed by atoms with van der Waals surface area (Å²) in [5, 5.41) is 9.95. The van der Waals surface area contributed by atoms with E-state index in [2.05, 4.69) is 6.92 Å². The number of ether oxygens (including phenoxy) is 1. The summed E-state index contributed by atoms with van der Waals surface area (Å²) in [6.07, 6.45) is 4.48. The number of fused-ring (bicyclic) bond motifs is 3. The lowest BCUT2D eigenvalue weighted by molar-refractivity contribution is -0.143. The van der Waals surface area contributed by atoms with Gasteiger partial charge in [0.05, 0.1) is 7.11 Å². The van der Waals surface area contributed by atoms with Gasteiger partial charge in [0.2, 0.25) is 0 Å². The molecule has 1 aromatic carbocycles. The molecule has 3 heteroatoms. The summed E-state index contributed by atoms with van der Waals surface area (Å²) in [4.78, 5) is 12.1. The van der Waals surface area contributed by atoms with Gasteiger partial charge in [0.15, 0.2) is 0 Å². The van der Waals surface area contributed by atoms with Crippen molar-refractivity contribution in [2.75, 3.05) is 7.11 Å². The highest BCUT2D eigenvalue weighted by atomic mass is 16.5. The molecule has 0 aromatic heterocycles. The molecule has 0 unspecified atom stereocenters. The zero-order valence-electron chi connectivity index (χ0n) is 12.0. The molecule has 0 bridgehead atoms. The third-order valence-electron chi connectivity index (χ3n) is 4.92. The molecule has 0 amide bonds. The fourth-order valence-electron chi connectivity index (χ4n) is 3.94. The molecular weight excluding hydrogens is 252 g/mol. The molecule has 20 heavy (non-hydrogen) atoms. The molecule has 0 radical (unpaired) electrons. The summed E-state index contributed by atoms with van der Waals surface area (Å²) in [5.41, 5.74) is 3.74. The van der Waals surface area contributed by atoms with Crippen molar-refractivity contribution in [2.45, 2.75) is 44.4 Å². The van der Waals surface area contributed by atoms with Crippen LogP contribution in [0.2, 0.25) is 0 Å². The first-order chi connectivity index (χ1) is 9.59. The highest BCUT2D eigenvalue weighted by Crippen LogP contribution is 2.50. The third-order valence-corrected chi connectivity index (χ3v) is 4.92. The van der Waals surface area contributed by atoms with Crippen molar-refractivity contribution in [2.24, 2.45) is 0 Å². The van der Waals surface area contributed by atoms with Crippen LogP contribution in [-0.4, -0.2) is 18.2 Å². The Hall–Kier alpha value is -1.77. The average molecular weight is 272 g/mol. The normalized spacial score (nSPS) is 24.9. The van der Waals surface area contributed by atoms with Crippen LogP contribution >= 0.6 is 0 Å². The Morgan fingerprint density at radius 2 is 2.10 bits per heavy atom. The van der Waals surface area contributed by atoms with Crippen molar-refractivity contribution < 1.29 is 14.6 Å². The number of hydrogen-bond acceptors (Lipinski definition) is 2. The highest BCUT2D eigenvalue weighted by molar-refractivity contribution is 5.87. The van der Waals surface area contributed by atoms with Gasteiger partial charge in [0.1, 0.15) is 11.2 Å². The molecular formula is C17H20O3. The topological polar surface area (TPSA) is 46.5 Å². The van der Waals surface area contributed by atoms with E-state index >= 15 is 0 Å². The van der Waals surface area contributed by atoms with Crippen LogP contribution in [-0.2, 0) is 16.6 Å². The highest BCUT2D eigenvalue weighted by Gasteiger charge is 2.48. The Morgan fingerprint density at radius 3 is 2.80 bits per heavy atom. The molecule has 0 aliphatic heterocycles. The van der Waals surface area contributed by atoms with Gasteiger partial charge in [-0.3, -0.25) is 4.79 Å². The number of methoxy groups -OCH3 is 1. The summed E-state index contributed by atoms with van der Waals surface area (Å²) in [6, 6.07) is 5.84. The number of rotatable bonds is 2. The number of benzene rings is 1. The molecule has 2 aliphatic rings. The number of carbonyl (C=O) groups is 1. The van der Waals surface area contributed by atoms with Crippen molar-refractivity contribution in [1.29, 1.82) is 0 Å². The van der Waals surface area contributed by atoms with Crippen LogP contribution < -0.4 is 4.74 Å². The lowest BCUT2D eigenvalue weighted by Gasteiger charge is -2.42. The van der Waals surface area contributed by atoms with Crippen molar-refractivity contribution >= 4 is 5.97 Å². The maximum absolute atomic E-state index is 12.1. The van der Waals surface area contributed by atoms with Gasteiger partial charge >= 0.3 is 5.97 Å². The predicted octanol–water partition coefficient (Wildman–Crippen LogP) is 3.46. The minimum Gasteiger partial charge on any atom is -0.497 e. The molecule has 0 saturated heterocycles. The lowest BCUT2D eigenvalue weighted by atomic mass is 9.60. The van der Waals surface area contributed by atoms with Gasteiger partial charge in [-0.05, 0) is 67.9 Å². The summed E-state index contributed by atoms with van der Waals surface area (Å²) < 4.78 is 5.27. The van der Waals surface area contributed by atoms with Gasteiger partial charge < -0.3 is 9.84 Å². The van der Waals surface area contributed by atoms with Crippen molar-refractivity contribution in [3.8, 4) is 5.75 Å². The fraction of sp³-hybridized carbons (Fsp3) is 0.471. The Labute approximate surface area is 119 Å². The second-order valence-electron chi connectivity index (χ2n) is 5.85. The van der Waals surface area contributed by atoms with E-state index in [1.54, 1.807) is 7.11 Å². The van der Waals surface area contributed by atoms with Gasteiger partial charge in [-0.25, -0.2) is 0 Å². The first kappa shape index (κ1) is 13.2. The number of allylic oxidation sites excluding steroid dienone is 1. The third kappa shape index (κ3) is 1.69. The predicted molar refractivity (Wildman–Crippen MR) is 77.2 cm³/mol. The molecule has 106 valence electrons. The maximum atomic E-state index is 12.1. The van der Waals surface area contributed by atoms with Crippen LogP contribution in [0.5, 0.6) is 5.75 Å². The fourth-order valence-corrected chi connectivity index (χ4v) is 3.94. The van der Waals surface area contributed by atoms with E-state index in [0.29, 0.717) is 6.42 Å². The number of carboxylic acids is 1. The summed E-state index contributed by atoms with van der Waals surface area (Å²) in [7, 11) is 1.65. The maximum Gasteiger partial charge on any atom is 0.318 e. The van der Waals surface area contributed by atoms with Crippen LogP contribution in [0.1, 0.15) is 43.7 Å². The van der Waals surface area contributed by atoms with Crippen molar-refractivity contribution in [3.05, 3.63) is 40.5 Å². The number of aryl methyl sites for hydroxylation is 1. The number of aliphatic carboxylic acids is 1. The molecule has 2 aliphatic carbocycles. The largest absolute Gasteiger partial charge is 0.497 e. The van der Waals surface area contributed by atoms with E-state index in [9.17, 15) is 9.90 Å². The quantitative estimate of drug-likeness (QED) is 0.839. The van der Waals surface area contributed by atoms with E-state index in [-0.39, 0.29) is 0 Å². The Morgan fingerprint density at radius 1 is 1.30 bits per heavy atom. The minimum atomic E-state index is -0.789. The molecule has 0 fully saturated rings. The average Bonchev–Trinajstić information content (AvgIpc) is 2.46. The van der Waals surface area contributed by atoms with Gasteiger partial charge in [-0.2, -0.15) is 0 Å². The van der Waals surface area contributed by atoms with Crippen molar-refractivity contribution in [3.63, 3.8) is 0 Å². The zero-order chi connectivity index (χ0) is 14.3. The van der Waals surface area contributed by atoms with Crippen LogP contribution in [0.3, 0.4) is 0 Å². The van der Waals surface area contributed by atoms with E-state index in [0.717, 1.165) is 48.1 Å². The smallest absolute Gasteiger partial charge is 0.318 e.